The maximum absolute atomic E-state index is 14.5. The molecule has 1 fully saturated rings. The Labute approximate surface area is 184 Å². The molecule has 1 saturated heterocycles. The third-order valence-corrected chi connectivity index (χ3v) is 7.57. The standard InChI is InChI=1S/C22H23FN4O4S/c1-2-32(30,31)27-11-9-26(10-12-27)22(29)18-13-15(7-8-19(18)23)14-20-16-5-3-4-6-17(16)21(28)25-24-20/h3-8,13H,2,9-12,14H2,1H3,(H,25,28). The number of aromatic amines is 1. The molecule has 0 bridgehead atoms. The monoisotopic (exact) mass is 458 g/mol. The van der Waals surface area contributed by atoms with Gasteiger partial charge in [-0.3, -0.25) is 9.59 Å². The van der Waals surface area contributed by atoms with Crippen molar-refractivity contribution in [2.24, 2.45) is 0 Å². The number of benzene rings is 2. The number of hydrogen-bond donors (Lipinski definition) is 1. The lowest BCUT2D eigenvalue weighted by atomic mass is 10.0. The highest BCUT2D eigenvalue weighted by molar-refractivity contribution is 7.89. The third kappa shape index (κ3) is 4.28. The Morgan fingerprint density at radius 2 is 1.78 bits per heavy atom. The van der Waals surface area contributed by atoms with Gasteiger partial charge in [-0.05, 0) is 30.7 Å². The molecule has 4 rings (SSSR count). The van der Waals surface area contributed by atoms with Crippen LogP contribution in [0, 0.1) is 5.82 Å². The van der Waals surface area contributed by atoms with Gasteiger partial charge in [-0.15, -0.1) is 0 Å². The number of halogens is 1. The molecule has 3 aromatic rings. The molecule has 1 amide bonds. The van der Waals surface area contributed by atoms with Crippen molar-refractivity contribution < 1.29 is 17.6 Å². The van der Waals surface area contributed by atoms with Gasteiger partial charge < -0.3 is 4.90 Å². The van der Waals surface area contributed by atoms with E-state index in [1.165, 1.54) is 21.3 Å². The number of carbonyl (C=O) groups is 1. The summed E-state index contributed by atoms with van der Waals surface area (Å²) in [6.07, 6.45) is 0.306. The van der Waals surface area contributed by atoms with Crippen molar-refractivity contribution in [2.75, 3.05) is 31.9 Å². The lowest BCUT2D eigenvalue weighted by molar-refractivity contribution is 0.0693. The number of carbonyl (C=O) groups excluding carboxylic acids is 1. The van der Waals surface area contributed by atoms with E-state index in [1.807, 2.05) is 6.07 Å². The van der Waals surface area contributed by atoms with E-state index in [1.54, 1.807) is 31.2 Å². The molecule has 1 aliphatic rings. The number of aromatic nitrogens is 2. The predicted octanol–water partition coefficient (Wildman–Crippen LogP) is 1.76. The van der Waals surface area contributed by atoms with Gasteiger partial charge in [0.05, 0.1) is 22.4 Å². The van der Waals surface area contributed by atoms with Crippen molar-refractivity contribution in [3.8, 4) is 0 Å². The van der Waals surface area contributed by atoms with Gasteiger partial charge in [0.2, 0.25) is 10.0 Å². The molecule has 0 aliphatic carbocycles. The van der Waals surface area contributed by atoms with Crippen molar-refractivity contribution in [3.05, 3.63) is 75.5 Å². The lowest BCUT2D eigenvalue weighted by Crippen LogP contribution is -2.51. The average Bonchev–Trinajstić information content (AvgIpc) is 2.82. The highest BCUT2D eigenvalue weighted by Crippen LogP contribution is 2.20. The minimum atomic E-state index is -3.32. The van der Waals surface area contributed by atoms with Crippen LogP contribution in [0.5, 0.6) is 0 Å². The van der Waals surface area contributed by atoms with Crippen LogP contribution in [0.1, 0.15) is 28.5 Å². The van der Waals surface area contributed by atoms with Gasteiger partial charge in [-0.1, -0.05) is 24.3 Å². The van der Waals surface area contributed by atoms with E-state index in [-0.39, 0.29) is 43.1 Å². The van der Waals surface area contributed by atoms with Gasteiger partial charge in [-0.25, -0.2) is 17.9 Å². The van der Waals surface area contributed by atoms with E-state index in [4.69, 9.17) is 0 Å². The summed E-state index contributed by atoms with van der Waals surface area (Å²) in [5.41, 5.74) is 0.932. The van der Waals surface area contributed by atoms with Crippen LogP contribution in [-0.4, -0.2) is 65.7 Å². The largest absolute Gasteiger partial charge is 0.336 e. The fourth-order valence-electron chi connectivity index (χ4n) is 3.87. The zero-order valence-corrected chi connectivity index (χ0v) is 18.4. The molecule has 0 atom stereocenters. The molecule has 1 aliphatic heterocycles. The average molecular weight is 459 g/mol. The van der Waals surface area contributed by atoms with Crippen molar-refractivity contribution >= 4 is 26.7 Å². The first-order valence-corrected chi connectivity index (χ1v) is 11.9. The summed E-state index contributed by atoms with van der Waals surface area (Å²) in [4.78, 5) is 26.4. The van der Waals surface area contributed by atoms with Crippen LogP contribution in [0.3, 0.4) is 0 Å². The second kappa shape index (κ2) is 8.79. The van der Waals surface area contributed by atoms with Crippen LogP contribution in [0.25, 0.3) is 10.8 Å². The summed E-state index contributed by atoms with van der Waals surface area (Å²) < 4.78 is 39.9. The van der Waals surface area contributed by atoms with Crippen LogP contribution < -0.4 is 5.56 Å². The molecular weight excluding hydrogens is 435 g/mol. The second-order valence-corrected chi connectivity index (χ2v) is 9.89. The number of hydrogen-bond acceptors (Lipinski definition) is 5. The van der Waals surface area contributed by atoms with E-state index in [9.17, 15) is 22.4 Å². The summed E-state index contributed by atoms with van der Waals surface area (Å²) in [6, 6.07) is 11.4. The topological polar surface area (TPSA) is 103 Å². The molecule has 10 heteroatoms. The fraction of sp³-hybridized carbons (Fsp3) is 0.318. The minimum Gasteiger partial charge on any atom is -0.336 e. The van der Waals surface area contributed by atoms with Crippen LogP contribution in [-0.2, 0) is 16.4 Å². The first-order valence-electron chi connectivity index (χ1n) is 10.3. The van der Waals surface area contributed by atoms with Crippen LogP contribution in [0.2, 0.25) is 0 Å². The summed E-state index contributed by atoms with van der Waals surface area (Å²) >= 11 is 0. The number of nitrogens with one attached hydrogen (secondary N) is 1. The molecule has 2 aromatic carbocycles. The molecule has 0 spiro atoms. The molecule has 0 unspecified atom stereocenters. The van der Waals surface area contributed by atoms with Gasteiger partial charge in [0.15, 0.2) is 0 Å². The Bertz CT molecular complexity index is 1330. The zero-order chi connectivity index (χ0) is 22.9. The van der Waals surface area contributed by atoms with E-state index >= 15 is 0 Å². The number of rotatable bonds is 5. The summed E-state index contributed by atoms with van der Waals surface area (Å²) in [6.45, 7) is 2.36. The van der Waals surface area contributed by atoms with Crippen molar-refractivity contribution in [3.63, 3.8) is 0 Å². The SMILES string of the molecule is CCS(=O)(=O)N1CCN(C(=O)c2cc(Cc3n[nH]c(=O)c4ccccc34)ccc2F)CC1. The molecule has 2 heterocycles. The normalized spacial score (nSPS) is 15.2. The Kier molecular flexibility index (Phi) is 6.07. The van der Waals surface area contributed by atoms with Crippen molar-refractivity contribution in [1.29, 1.82) is 0 Å². The number of nitrogens with zero attached hydrogens (tertiary/aromatic N) is 3. The summed E-state index contributed by atoms with van der Waals surface area (Å²) in [5, 5.41) is 7.82. The molecular formula is C22H23FN4O4S. The highest BCUT2D eigenvalue weighted by Gasteiger charge is 2.29. The Morgan fingerprint density at radius 1 is 1.09 bits per heavy atom. The smallest absolute Gasteiger partial charge is 0.272 e. The Hall–Kier alpha value is -3.11. The molecule has 32 heavy (non-hydrogen) atoms. The summed E-state index contributed by atoms with van der Waals surface area (Å²) in [5.74, 6) is -1.11. The third-order valence-electron chi connectivity index (χ3n) is 5.69. The van der Waals surface area contributed by atoms with E-state index in [0.717, 1.165) is 0 Å². The highest BCUT2D eigenvalue weighted by atomic mass is 32.2. The van der Waals surface area contributed by atoms with Gasteiger partial charge in [0.25, 0.3) is 11.5 Å². The lowest BCUT2D eigenvalue weighted by Gasteiger charge is -2.34. The maximum atomic E-state index is 14.5. The number of fused-ring (bicyclic) bond motifs is 1. The fourth-order valence-corrected chi connectivity index (χ4v) is 4.95. The van der Waals surface area contributed by atoms with E-state index < -0.39 is 21.7 Å². The number of sulfonamides is 1. The second-order valence-electron chi connectivity index (χ2n) is 7.63. The first-order chi connectivity index (χ1) is 15.3. The molecule has 8 nitrogen and oxygen atoms in total. The van der Waals surface area contributed by atoms with Crippen LogP contribution in [0.4, 0.5) is 4.39 Å². The van der Waals surface area contributed by atoms with Gasteiger partial charge in [0.1, 0.15) is 5.82 Å². The van der Waals surface area contributed by atoms with E-state index in [0.29, 0.717) is 28.5 Å². The minimum absolute atomic E-state index is 0.00505. The van der Waals surface area contributed by atoms with E-state index in [2.05, 4.69) is 10.2 Å². The van der Waals surface area contributed by atoms with Gasteiger partial charge in [0, 0.05) is 38.0 Å². The van der Waals surface area contributed by atoms with Crippen molar-refractivity contribution in [1.82, 2.24) is 19.4 Å². The van der Waals surface area contributed by atoms with Crippen LogP contribution >= 0.6 is 0 Å². The molecule has 0 saturated carbocycles. The number of H-pyrrole nitrogens is 1. The van der Waals surface area contributed by atoms with Crippen molar-refractivity contribution in [2.45, 2.75) is 13.3 Å². The van der Waals surface area contributed by atoms with Gasteiger partial charge >= 0.3 is 0 Å². The van der Waals surface area contributed by atoms with Crippen LogP contribution in [0.15, 0.2) is 47.3 Å². The zero-order valence-electron chi connectivity index (χ0n) is 17.5. The quantitative estimate of drug-likeness (QED) is 0.628. The molecule has 1 aromatic heterocycles. The maximum Gasteiger partial charge on any atom is 0.272 e. The van der Waals surface area contributed by atoms with Gasteiger partial charge in [-0.2, -0.15) is 9.40 Å². The number of amides is 1. The summed E-state index contributed by atoms with van der Waals surface area (Å²) in [7, 11) is -3.32. The number of piperazine rings is 1. The Balaban J connectivity index is 1.56. The Morgan fingerprint density at radius 3 is 2.47 bits per heavy atom. The molecule has 0 radical (unpaired) electrons. The molecule has 1 N–H and O–H groups in total. The predicted molar refractivity (Wildman–Crippen MR) is 119 cm³/mol. The first kappa shape index (κ1) is 22.1. The molecule has 168 valence electrons.